The SMILES string of the molecule is CC(C)COc1cn(-c2ccccc2)nc1C(=O)N1CCC[C@H](C(=O)O)C1. The molecule has 0 bridgehead atoms. The molecule has 0 aliphatic carbocycles. The summed E-state index contributed by atoms with van der Waals surface area (Å²) in [5.74, 6) is -0.943. The number of para-hydroxylation sites is 1. The molecule has 1 saturated heterocycles. The number of piperidine rings is 1. The van der Waals surface area contributed by atoms with Crippen LogP contribution in [0.25, 0.3) is 5.69 Å². The number of amides is 1. The first-order valence-electron chi connectivity index (χ1n) is 9.25. The summed E-state index contributed by atoms with van der Waals surface area (Å²) in [6, 6.07) is 9.50. The minimum Gasteiger partial charge on any atom is -0.489 e. The topological polar surface area (TPSA) is 84.7 Å². The van der Waals surface area contributed by atoms with Crippen LogP contribution >= 0.6 is 0 Å². The molecule has 1 aromatic heterocycles. The van der Waals surface area contributed by atoms with Gasteiger partial charge in [-0.15, -0.1) is 0 Å². The number of nitrogens with zero attached hydrogens (tertiary/aromatic N) is 3. The zero-order valence-corrected chi connectivity index (χ0v) is 15.7. The number of carbonyl (C=O) groups is 2. The van der Waals surface area contributed by atoms with Crippen molar-refractivity contribution >= 4 is 11.9 Å². The van der Waals surface area contributed by atoms with E-state index in [-0.39, 0.29) is 18.1 Å². The van der Waals surface area contributed by atoms with Crippen LogP contribution < -0.4 is 4.74 Å². The second kappa shape index (κ2) is 8.24. The number of aliphatic carboxylic acids is 1. The Kier molecular flexibility index (Phi) is 5.78. The minimum atomic E-state index is -0.862. The first-order chi connectivity index (χ1) is 13.0. The summed E-state index contributed by atoms with van der Waals surface area (Å²) in [5, 5.41) is 13.7. The van der Waals surface area contributed by atoms with Gasteiger partial charge in [0.05, 0.1) is 24.4 Å². The Balaban J connectivity index is 1.88. The third-order valence-electron chi connectivity index (χ3n) is 4.53. The van der Waals surface area contributed by atoms with Crippen molar-refractivity contribution in [2.75, 3.05) is 19.7 Å². The molecule has 1 aromatic carbocycles. The Labute approximate surface area is 158 Å². The molecule has 0 unspecified atom stereocenters. The molecule has 27 heavy (non-hydrogen) atoms. The fourth-order valence-corrected chi connectivity index (χ4v) is 3.09. The van der Waals surface area contributed by atoms with Crippen molar-refractivity contribution in [3.8, 4) is 11.4 Å². The van der Waals surface area contributed by atoms with E-state index in [4.69, 9.17) is 4.74 Å². The summed E-state index contributed by atoms with van der Waals surface area (Å²) < 4.78 is 7.47. The largest absolute Gasteiger partial charge is 0.489 e. The minimum absolute atomic E-state index is 0.204. The second-order valence-corrected chi connectivity index (χ2v) is 7.26. The van der Waals surface area contributed by atoms with Crippen LogP contribution in [0.4, 0.5) is 0 Å². The maximum absolute atomic E-state index is 13.1. The van der Waals surface area contributed by atoms with Gasteiger partial charge in [-0.1, -0.05) is 32.0 Å². The Morgan fingerprint density at radius 2 is 2.04 bits per heavy atom. The van der Waals surface area contributed by atoms with E-state index in [0.717, 1.165) is 5.69 Å². The van der Waals surface area contributed by atoms with Crippen molar-refractivity contribution in [1.29, 1.82) is 0 Å². The van der Waals surface area contributed by atoms with Crippen molar-refractivity contribution in [2.45, 2.75) is 26.7 Å². The molecule has 0 saturated carbocycles. The Bertz CT molecular complexity index is 801. The zero-order chi connectivity index (χ0) is 19.4. The third kappa shape index (κ3) is 4.48. The number of hydrogen-bond donors (Lipinski definition) is 1. The highest BCUT2D eigenvalue weighted by Crippen LogP contribution is 2.25. The summed E-state index contributed by atoms with van der Waals surface area (Å²) in [7, 11) is 0. The van der Waals surface area contributed by atoms with Crippen LogP contribution in [0.2, 0.25) is 0 Å². The lowest BCUT2D eigenvalue weighted by atomic mass is 9.98. The first-order valence-corrected chi connectivity index (χ1v) is 9.25. The molecule has 7 heteroatoms. The molecule has 1 aliphatic heterocycles. The number of aromatic nitrogens is 2. The van der Waals surface area contributed by atoms with Gasteiger partial charge in [0.2, 0.25) is 0 Å². The van der Waals surface area contributed by atoms with E-state index < -0.39 is 11.9 Å². The van der Waals surface area contributed by atoms with Gasteiger partial charge in [0, 0.05) is 13.1 Å². The lowest BCUT2D eigenvalue weighted by Gasteiger charge is -2.30. The van der Waals surface area contributed by atoms with E-state index in [0.29, 0.717) is 37.7 Å². The maximum Gasteiger partial charge on any atom is 0.308 e. The molecule has 1 amide bonds. The second-order valence-electron chi connectivity index (χ2n) is 7.26. The Hall–Kier alpha value is -2.83. The van der Waals surface area contributed by atoms with Gasteiger partial charge in [-0.2, -0.15) is 5.10 Å². The van der Waals surface area contributed by atoms with Crippen molar-refractivity contribution in [2.24, 2.45) is 11.8 Å². The average molecular weight is 371 g/mol. The van der Waals surface area contributed by atoms with Crippen molar-refractivity contribution in [1.82, 2.24) is 14.7 Å². The smallest absolute Gasteiger partial charge is 0.308 e. The van der Waals surface area contributed by atoms with Gasteiger partial charge in [-0.3, -0.25) is 9.59 Å². The van der Waals surface area contributed by atoms with Crippen LogP contribution in [0.3, 0.4) is 0 Å². The van der Waals surface area contributed by atoms with Crippen LogP contribution in [-0.4, -0.2) is 51.4 Å². The normalized spacial score (nSPS) is 17.1. The Morgan fingerprint density at radius 3 is 2.70 bits per heavy atom. The molecule has 1 N–H and O–H groups in total. The molecule has 144 valence electrons. The molecule has 1 atom stereocenters. The monoisotopic (exact) mass is 371 g/mol. The summed E-state index contributed by atoms with van der Waals surface area (Å²) in [6.45, 7) is 5.27. The van der Waals surface area contributed by atoms with E-state index in [1.807, 2.05) is 44.2 Å². The van der Waals surface area contributed by atoms with Gasteiger partial charge in [0.25, 0.3) is 5.91 Å². The first kappa shape index (κ1) is 18.9. The van der Waals surface area contributed by atoms with E-state index >= 15 is 0 Å². The average Bonchev–Trinajstić information content (AvgIpc) is 3.11. The number of ether oxygens (including phenoxy) is 1. The molecular weight excluding hydrogens is 346 g/mol. The molecule has 2 aromatic rings. The quantitative estimate of drug-likeness (QED) is 0.844. The van der Waals surface area contributed by atoms with Gasteiger partial charge in [-0.05, 0) is 30.9 Å². The van der Waals surface area contributed by atoms with E-state index in [1.165, 1.54) is 0 Å². The van der Waals surface area contributed by atoms with Crippen molar-refractivity contribution in [3.63, 3.8) is 0 Å². The van der Waals surface area contributed by atoms with Crippen molar-refractivity contribution in [3.05, 3.63) is 42.2 Å². The molecule has 1 fully saturated rings. The fraction of sp³-hybridized carbons (Fsp3) is 0.450. The number of rotatable bonds is 6. The van der Waals surface area contributed by atoms with Gasteiger partial charge in [0.1, 0.15) is 0 Å². The standard InChI is InChI=1S/C20H25N3O4/c1-14(2)13-27-17-12-23(16-8-4-3-5-9-16)21-18(17)19(24)22-10-6-7-15(11-22)20(25)26/h3-5,8-9,12,14-15H,6-7,10-11,13H2,1-2H3,(H,25,26)/t15-/m0/s1. The molecule has 0 spiro atoms. The number of hydrogen-bond acceptors (Lipinski definition) is 4. The fourth-order valence-electron chi connectivity index (χ4n) is 3.09. The predicted octanol–water partition coefficient (Wildman–Crippen LogP) is 2.84. The van der Waals surface area contributed by atoms with Crippen LogP contribution in [-0.2, 0) is 4.79 Å². The highest BCUT2D eigenvalue weighted by Gasteiger charge is 2.31. The summed E-state index contributed by atoms with van der Waals surface area (Å²) >= 11 is 0. The van der Waals surface area contributed by atoms with Crippen molar-refractivity contribution < 1.29 is 19.4 Å². The van der Waals surface area contributed by atoms with Gasteiger partial charge in [-0.25, -0.2) is 4.68 Å². The van der Waals surface area contributed by atoms with Crippen LogP contribution in [0.1, 0.15) is 37.2 Å². The van der Waals surface area contributed by atoms with E-state index in [1.54, 1.807) is 15.8 Å². The molecule has 3 rings (SSSR count). The van der Waals surface area contributed by atoms with E-state index in [9.17, 15) is 14.7 Å². The number of likely N-dealkylation sites (tertiary alicyclic amines) is 1. The molecule has 7 nitrogen and oxygen atoms in total. The van der Waals surface area contributed by atoms with E-state index in [2.05, 4.69) is 5.10 Å². The van der Waals surface area contributed by atoms with Gasteiger partial charge < -0.3 is 14.7 Å². The highest BCUT2D eigenvalue weighted by molar-refractivity contribution is 5.95. The number of benzene rings is 1. The van der Waals surface area contributed by atoms with Gasteiger partial charge >= 0.3 is 5.97 Å². The maximum atomic E-state index is 13.1. The highest BCUT2D eigenvalue weighted by atomic mass is 16.5. The lowest BCUT2D eigenvalue weighted by Crippen LogP contribution is -2.42. The predicted molar refractivity (Wildman–Crippen MR) is 100 cm³/mol. The number of carbonyl (C=O) groups excluding carboxylic acids is 1. The zero-order valence-electron chi connectivity index (χ0n) is 15.7. The summed E-state index contributed by atoms with van der Waals surface area (Å²) in [6.07, 6.45) is 2.97. The lowest BCUT2D eigenvalue weighted by molar-refractivity contribution is -0.143. The third-order valence-corrected chi connectivity index (χ3v) is 4.53. The molecule has 1 aliphatic rings. The van der Waals surface area contributed by atoms with Crippen LogP contribution in [0.15, 0.2) is 36.5 Å². The number of carboxylic acids is 1. The number of carboxylic acid groups (broad SMARTS) is 1. The molecular formula is C20H25N3O4. The van der Waals surface area contributed by atoms with Gasteiger partial charge in [0.15, 0.2) is 11.4 Å². The summed E-state index contributed by atoms with van der Waals surface area (Å²) in [5.41, 5.74) is 1.05. The Morgan fingerprint density at radius 1 is 1.30 bits per heavy atom. The molecule has 0 radical (unpaired) electrons. The molecule has 2 heterocycles. The van der Waals surface area contributed by atoms with Crippen LogP contribution in [0, 0.1) is 11.8 Å². The summed E-state index contributed by atoms with van der Waals surface area (Å²) in [4.78, 5) is 25.9. The van der Waals surface area contributed by atoms with Crippen LogP contribution in [0.5, 0.6) is 5.75 Å².